The van der Waals surface area contributed by atoms with E-state index in [1.54, 1.807) is 12.4 Å². The number of nitrogens with zero attached hydrogens (tertiary/aromatic N) is 5. The zero-order valence-electron chi connectivity index (χ0n) is 17.5. The lowest BCUT2D eigenvalue weighted by molar-refractivity contribution is 0.370. The van der Waals surface area contributed by atoms with E-state index in [2.05, 4.69) is 75.1 Å². The van der Waals surface area contributed by atoms with Crippen molar-refractivity contribution in [3.8, 4) is 0 Å². The molecule has 1 fully saturated rings. The number of rotatable bonds is 4. The van der Waals surface area contributed by atoms with Gasteiger partial charge < -0.3 is 15.1 Å². The van der Waals surface area contributed by atoms with Gasteiger partial charge in [0.15, 0.2) is 5.96 Å². The van der Waals surface area contributed by atoms with E-state index >= 15 is 0 Å². The third kappa shape index (κ3) is 5.21. The highest BCUT2D eigenvalue weighted by molar-refractivity contribution is 5.80. The molecule has 1 aromatic heterocycles. The number of hydrogen-bond acceptors (Lipinski definition) is 4. The molecule has 0 bridgehead atoms. The van der Waals surface area contributed by atoms with Crippen molar-refractivity contribution < 1.29 is 0 Å². The molecule has 2 aromatic rings. The van der Waals surface area contributed by atoms with Crippen molar-refractivity contribution in [1.82, 2.24) is 20.2 Å². The Kier molecular flexibility index (Phi) is 6.49. The minimum absolute atomic E-state index is 0.200. The number of aromatic nitrogens is 2. The molecule has 28 heavy (non-hydrogen) atoms. The molecule has 1 saturated heterocycles. The van der Waals surface area contributed by atoms with Crippen LogP contribution in [0.15, 0.2) is 47.7 Å². The lowest BCUT2D eigenvalue weighted by atomic mass is 9.86. The zero-order chi connectivity index (χ0) is 20.0. The summed E-state index contributed by atoms with van der Waals surface area (Å²) in [6, 6.07) is 10.8. The minimum atomic E-state index is 0.200. The van der Waals surface area contributed by atoms with Gasteiger partial charge in [0.2, 0.25) is 5.95 Å². The average Bonchev–Trinajstić information content (AvgIpc) is 2.72. The fraction of sp³-hybridized carbons (Fsp3) is 0.500. The SMILES string of the molecule is CN=C(NCCc1ccc(C(C)(C)C)cc1)N1CCN(c2ncccn2)CC1. The molecule has 6 nitrogen and oxygen atoms in total. The van der Waals surface area contributed by atoms with Gasteiger partial charge in [0.1, 0.15) is 0 Å². The molecule has 3 rings (SSSR count). The van der Waals surface area contributed by atoms with E-state index in [0.717, 1.165) is 51.1 Å². The summed E-state index contributed by atoms with van der Waals surface area (Å²) in [6.07, 6.45) is 4.58. The molecule has 0 saturated carbocycles. The van der Waals surface area contributed by atoms with E-state index in [1.807, 2.05) is 13.1 Å². The maximum absolute atomic E-state index is 4.47. The van der Waals surface area contributed by atoms with Crippen LogP contribution in [0.1, 0.15) is 31.9 Å². The first-order valence-electron chi connectivity index (χ1n) is 10.0. The standard InChI is InChI=1S/C22H32N6/c1-22(2,3)19-8-6-18(7-9-19)10-13-26-20(23-4)27-14-16-28(17-15-27)21-24-11-5-12-25-21/h5-9,11-12H,10,13-17H2,1-4H3,(H,23,26). The van der Waals surface area contributed by atoms with Crippen molar-refractivity contribution in [2.75, 3.05) is 44.7 Å². The third-order valence-electron chi connectivity index (χ3n) is 5.14. The molecule has 0 unspecified atom stereocenters. The Morgan fingerprint density at radius 2 is 1.68 bits per heavy atom. The highest BCUT2D eigenvalue weighted by Crippen LogP contribution is 2.22. The summed E-state index contributed by atoms with van der Waals surface area (Å²) in [5, 5.41) is 3.51. The van der Waals surface area contributed by atoms with Gasteiger partial charge in [0.25, 0.3) is 0 Å². The van der Waals surface area contributed by atoms with E-state index in [4.69, 9.17) is 0 Å². The molecule has 0 aliphatic carbocycles. The summed E-state index contributed by atoms with van der Waals surface area (Å²) < 4.78 is 0. The maximum atomic E-state index is 4.47. The Bertz CT molecular complexity index is 756. The smallest absolute Gasteiger partial charge is 0.225 e. The Morgan fingerprint density at radius 3 is 2.25 bits per heavy atom. The lowest BCUT2D eigenvalue weighted by Crippen LogP contribution is -2.53. The topological polar surface area (TPSA) is 56.7 Å². The van der Waals surface area contributed by atoms with Gasteiger partial charge in [-0.15, -0.1) is 0 Å². The molecular formula is C22H32N6. The Balaban J connectivity index is 1.46. The second kappa shape index (κ2) is 9.04. The predicted octanol–water partition coefficient (Wildman–Crippen LogP) is 2.71. The summed E-state index contributed by atoms with van der Waals surface area (Å²) >= 11 is 0. The fourth-order valence-corrected chi connectivity index (χ4v) is 3.40. The van der Waals surface area contributed by atoms with Crippen LogP contribution in [-0.2, 0) is 11.8 Å². The van der Waals surface area contributed by atoms with Crippen LogP contribution in [0.25, 0.3) is 0 Å². The van der Waals surface area contributed by atoms with Gasteiger partial charge in [-0.1, -0.05) is 45.0 Å². The third-order valence-corrected chi connectivity index (χ3v) is 5.14. The van der Waals surface area contributed by atoms with Crippen molar-refractivity contribution in [1.29, 1.82) is 0 Å². The number of anilines is 1. The van der Waals surface area contributed by atoms with Crippen molar-refractivity contribution >= 4 is 11.9 Å². The summed E-state index contributed by atoms with van der Waals surface area (Å²) in [6.45, 7) is 11.3. The van der Waals surface area contributed by atoms with Crippen LogP contribution in [0.5, 0.6) is 0 Å². The molecule has 0 spiro atoms. The molecule has 150 valence electrons. The Morgan fingerprint density at radius 1 is 1.04 bits per heavy atom. The average molecular weight is 381 g/mol. The van der Waals surface area contributed by atoms with Crippen molar-refractivity contribution in [2.24, 2.45) is 4.99 Å². The quantitative estimate of drug-likeness (QED) is 0.653. The monoisotopic (exact) mass is 380 g/mol. The second-order valence-corrected chi connectivity index (χ2v) is 8.19. The molecule has 1 aliphatic rings. The van der Waals surface area contributed by atoms with Gasteiger partial charge in [0.05, 0.1) is 0 Å². The van der Waals surface area contributed by atoms with Gasteiger partial charge in [-0.2, -0.15) is 0 Å². The van der Waals surface area contributed by atoms with Crippen LogP contribution < -0.4 is 10.2 Å². The lowest BCUT2D eigenvalue weighted by Gasteiger charge is -2.36. The first-order chi connectivity index (χ1) is 13.5. The second-order valence-electron chi connectivity index (χ2n) is 8.19. The van der Waals surface area contributed by atoms with E-state index in [1.165, 1.54) is 11.1 Å². The molecule has 1 aromatic carbocycles. The van der Waals surface area contributed by atoms with E-state index in [9.17, 15) is 0 Å². The van der Waals surface area contributed by atoms with Gasteiger partial charge in [-0.05, 0) is 29.0 Å². The summed E-state index contributed by atoms with van der Waals surface area (Å²) in [4.78, 5) is 17.7. The molecule has 2 heterocycles. The fourth-order valence-electron chi connectivity index (χ4n) is 3.40. The maximum Gasteiger partial charge on any atom is 0.225 e. The summed E-state index contributed by atoms with van der Waals surface area (Å²) in [7, 11) is 1.85. The predicted molar refractivity (Wildman–Crippen MR) is 116 cm³/mol. The molecular weight excluding hydrogens is 348 g/mol. The first-order valence-corrected chi connectivity index (χ1v) is 10.0. The van der Waals surface area contributed by atoms with Crippen molar-refractivity contribution in [2.45, 2.75) is 32.6 Å². The van der Waals surface area contributed by atoms with Gasteiger partial charge >= 0.3 is 0 Å². The van der Waals surface area contributed by atoms with E-state index in [-0.39, 0.29) is 5.41 Å². The summed E-state index contributed by atoms with van der Waals surface area (Å²) in [5.41, 5.74) is 2.92. The van der Waals surface area contributed by atoms with E-state index < -0.39 is 0 Å². The highest BCUT2D eigenvalue weighted by atomic mass is 15.4. The Labute approximate surface area is 168 Å². The normalized spacial score (nSPS) is 15.6. The number of piperazine rings is 1. The number of benzene rings is 1. The number of aliphatic imine (C=N–C) groups is 1. The van der Waals surface area contributed by atoms with E-state index in [0.29, 0.717) is 0 Å². The van der Waals surface area contributed by atoms with Gasteiger partial charge in [0, 0.05) is 52.2 Å². The number of guanidine groups is 1. The molecule has 1 aliphatic heterocycles. The van der Waals surface area contributed by atoms with Gasteiger partial charge in [-0.3, -0.25) is 4.99 Å². The largest absolute Gasteiger partial charge is 0.356 e. The zero-order valence-corrected chi connectivity index (χ0v) is 17.5. The number of hydrogen-bond donors (Lipinski definition) is 1. The van der Waals surface area contributed by atoms with Crippen LogP contribution >= 0.6 is 0 Å². The highest BCUT2D eigenvalue weighted by Gasteiger charge is 2.21. The summed E-state index contributed by atoms with van der Waals surface area (Å²) in [5.74, 6) is 1.78. The minimum Gasteiger partial charge on any atom is -0.356 e. The van der Waals surface area contributed by atoms with Crippen LogP contribution in [0.2, 0.25) is 0 Å². The molecule has 1 N–H and O–H groups in total. The van der Waals surface area contributed by atoms with Crippen molar-refractivity contribution in [3.05, 3.63) is 53.9 Å². The first kappa shape index (κ1) is 20.1. The molecule has 6 heteroatoms. The van der Waals surface area contributed by atoms with Crippen LogP contribution in [0.4, 0.5) is 5.95 Å². The Hall–Kier alpha value is -2.63. The van der Waals surface area contributed by atoms with Crippen LogP contribution in [0.3, 0.4) is 0 Å². The van der Waals surface area contributed by atoms with Crippen LogP contribution in [-0.4, -0.2) is 60.6 Å². The number of nitrogens with one attached hydrogen (secondary N) is 1. The molecule has 0 atom stereocenters. The van der Waals surface area contributed by atoms with Crippen LogP contribution in [0, 0.1) is 0 Å². The molecule has 0 radical (unpaired) electrons. The molecule has 0 amide bonds. The van der Waals surface area contributed by atoms with Crippen molar-refractivity contribution in [3.63, 3.8) is 0 Å². The van der Waals surface area contributed by atoms with Gasteiger partial charge in [-0.25, -0.2) is 9.97 Å².